The molecule has 1 aromatic rings. The van der Waals surface area contributed by atoms with Gasteiger partial charge in [-0.25, -0.2) is 9.18 Å². The molecule has 1 heterocycles. The predicted molar refractivity (Wildman–Crippen MR) is 109 cm³/mol. The van der Waals surface area contributed by atoms with Crippen molar-refractivity contribution >= 4 is 6.03 Å². The molecule has 1 aliphatic heterocycles. The van der Waals surface area contributed by atoms with Gasteiger partial charge in [-0.1, -0.05) is 64.0 Å². The van der Waals surface area contributed by atoms with Crippen LogP contribution < -0.4 is 5.32 Å². The van der Waals surface area contributed by atoms with E-state index in [4.69, 9.17) is 0 Å². The van der Waals surface area contributed by atoms with E-state index in [1.807, 2.05) is 0 Å². The third-order valence-electron chi connectivity index (χ3n) is 5.58. The van der Waals surface area contributed by atoms with Gasteiger partial charge in [0.2, 0.25) is 0 Å². The van der Waals surface area contributed by atoms with Crippen LogP contribution in [-0.4, -0.2) is 46.9 Å². The van der Waals surface area contributed by atoms with Gasteiger partial charge in [-0.15, -0.1) is 0 Å². The van der Waals surface area contributed by atoms with Gasteiger partial charge in [-0.2, -0.15) is 0 Å². The first-order valence-electron chi connectivity index (χ1n) is 10.7. The Morgan fingerprint density at radius 3 is 2.50 bits per heavy atom. The van der Waals surface area contributed by atoms with Crippen LogP contribution in [-0.2, 0) is 6.61 Å². The molecule has 1 aromatic carbocycles. The normalized spacial score (nSPS) is 16.3. The molecule has 1 fully saturated rings. The SMILES string of the molecule is CCCCCCCCCC(O)C(CN1CCNC1=O)c1ccc(CO)cc1F. The predicted octanol–water partition coefficient (Wildman–Crippen LogP) is 3.93. The van der Waals surface area contributed by atoms with Crippen molar-refractivity contribution in [1.29, 1.82) is 0 Å². The zero-order valence-electron chi connectivity index (χ0n) is 17.0. The van der Waals surface area contributed by atoms with E-state index in [1.54, 1.807) is 17.0 Å². The van der Waals surface area contributed by atoms with Crippen LogP contribution in [0.15, 0.2) is 18.2 Å². The number of carbonyl (C=O) groups is 1. The van der Waals surface area contributed by atoms with Crippen LogP contribution in [0, 0.1) is 5.82 Å². The van der Waals surface area contributed by atoms with Crippen LogP contribution in [0.1, 0.15) is 75.3 Å². The number of hydrogen-bond acceptors (Lipinski definition) is 3. The summed E-state index contributed by atoms with van der Waals surface area (Å²) in [6.45, 7) is 3.40. The van der Waals surface area contributed by atoms with Crippen LogP contribution >= 0.6 is 0 Å². The number of urea groups is 1. The zero-order valence-corrected chi connectivity index (χ0v) is 17.0. The van der Waals surface area contributed by atoms with Gasteiger partial charge in [0.15, 0.2) is 0 Å². The lowest BCUT2D eigenvalue weighted by molar-refractivity contribution is 0.113. The van der Waals surface area contributed by atoms with E-state index in [1.165, 1.54) is 31.7 Å². The first-order valence-corrected chi connectivity index (χ1v) is 10.7. The molecule has 3 N–H and O–H groups in total. The topological polar surface area (TPSA) is 72.8 Å². The largest absolute Gasteiger partial charge is 0.392 e. The van der Waals surface area contributed by atoms with Gasteiger partial charge < -0.3 is 20.4 Å². The molecule has 158 valence electrons. The van der Waals surface area contributed by atoms with Gasteiger partial charge in [-0.05, 0) is 23.6 Å². The Labute approximate surface area is 167 Å². The Bertz CT molecular complexity index is 611. The summed E-state index contributed by atoms with van der Waals surface area (Å²) >= 11 is 0. The number of hydrogen-bond donors (Lipinski definition) is 3. The number of halogens is 1. The van der Waals surface area contributed by atoms with E-state index in [0.29, 0.717) is 37.2 Å². The van der Waals surface area contributed by atoms with Crippen molar-refractivity contribution < 1.29 is 19.4 Å². The maximum Gasteiger partial charge on any atom is 0.317 e. The van der Waals surface area contributed by atoms with Crippen molar-refractivity contribution in [3.8, 4) is 0 Å². The van der Waals surface area contributed by atoms with Crippen LogP contribution in [0.4, 0.5) is 9.18 Å². The molecule has 0 aromatic heterocycles. The molecule has 2 unspecified atom stereocenters. The number of amides is 2. The fraction of sp³-hybridized carbons (Fsp3) is 0.682. The van der Waals surface area contributed by atoms with Crippen molar-refractivity contribution in [2.75, 3.05) is 19.6 Å². The molecule has 5 nitrogen and oxygen atoms in total. The number of aliphatic hydroxyl groups is 2. The smallest absolute Gasteiger partial charge is 0.317 e. The van der Waals surface area contributed by atoms with Crippen molar-refractivity contribution in [2.24, 2.45) is 0 Å². The van der Waals surface area contributed by atoms with Gasteiger partial charge in [-0.3, -0.25) is 0 Å². The number of aliphatic hydroxyl groups excluding tert-OH is 2. The van der Waals surface area contributed by atoms with E-state index >= 15 is 0 Å². The molecule has 0 spiro atoms. The standard InChI is InChI=1S/C22H35FN2O3/c1-2-3-4-5-6-7-8-9-21(27)19(15-25-13-12-24-22(25)28)18-11-10-17(16-26)14-20(18)23/h10-11,14,19,21,26-27H,2-9,12-13,15-16H2,1H3,(H,24,28). The third-order valence-corrected chi connectivity index (χ3v) is 5.58. The summed E-state index contributed by atoms with van der Waals surface area (Å²) in [5, 5.41) is 22.8. The number of nitrogens with one attached hydrogen (secondary N) is 1. The van der Waals surface area contributed by atoms with E-state index in [0.717, 1.165) is 19.3 Å². The van der Waals surface area contributed by atoms with Crippen LogP contribution in [0.5, 0.6) is 0 Å². The number of benzene rings is 1. The molecule has 0 saturated carbocycles. The van der Waals surface area contributed by atoms with Gasteiger partial charge in [0, 0.05) is 25.6 Å². The van der Waals surface area contributed by atoms with E-state index < -0.39 is 17.8 Å². The van der Waals surface area contributed by atoms with Crippen molar-refractivity contribution in [3.63, 3.8) is 0 Å². The Kier molecular flexibility index (Phi) is 9.71. The quantitative estimate of drug-likeness (QED) is 0.444. The molecular formula is C22H35FN2O3. The molecule has 0 radical (unpaired) electrons. The summed E-state index contributed by atoms with van der Waals surface area (Å²) in [6.07, 6.45) is 7.97. The Hall–Kier alpha value is -1.66. The van der Waals surface area contributed by atoms with E-state index in [9.17, 15) is 19.4 Å². The fourth-order valence-corrected chi connectivity index (χ4v) is 3.83. The number of nitrogens with zero attached hydrogens (tertiary/aromatic N) is 1. The molecule has 0 bridgehead atoms. The molecular weight excluding hydrogens is 359 g/mol. The number of unbranched alkanes of at least 4 members (excludes halogenated alkanes) is 6. The molecule has 2 amide bonds. The lowest BCUT2D eigenvalue weighted by atomic mass is 9.88. The second-order valence-corrected chi connectivity index (χ2v) is 7.78. The highest BCUT2D eigenvalue weighted by Gasteiger charge is 2.30. The number of rotatable bonds is 13. The molecule has 2 atom stereocenters. The highest BCUT2D eigenvalue weighted by atomic mass is 19.1. The van der Waals surface area contributed by atoms with Crippen molar-refractivity contribution in [1.82, 2.24) is 10.2 Å². The molecule has 2 rings (SSSR count). The second kappa shape index (κ2) is 12.0. The maximum absolute atomic E-state index is 14.6. The van der Waals surface area contributed by atoms with Crippen molar-refractivity contribution in [3.05, 3.63) is 35.1 Å². The average Bonchev–Trinajstić information content (AvgIpc) is 3.10. The summed E-state index contributed by atoms with van der Waals surface area (Å²) in [6, 6.07) is 4.46. The van der Waals surface area contributed by atoms with Gasteiger partial charge in [0.05, 0.1) is 12.7 Å². The summed E-state index contributed by atoms with van der Waals surface area (Å²) in [5.41, 5.74) is 0.910. The first-order chi connectivity index (χ1) is 13.6. The first kappa shape index (κ1) is 22.6. The fourth-order valence-electron chi connectivity index (χ4n) is 3.83. The van der Waals surface area contributed by atoms with Gasteiger partial charge >= 0.3 is 6.03 Å². The summed E-state index contributed by atoms with van der Waals surface area (Å²) in [4.78, 5) is 13.6. The summed E-state index contributed by atoms with van der Waals surface area (Å²) in [5.74, 6) is -0.911. The summed E-state index contributed by atoms with van der Waals surface area (Å²) < 4.78 is 14.6. The Morgan fingerprint density at radius 2 is 1.89 bits per heavy atom. The van der Waals surface area contributed by atoms with Gasteiger partial charge in [0.1, 0.15) is 5.82 Å². The average molecular weight is 395 g/mol. The second-order valence-electron chi connectivity index (χ2n) is 7.78. The van der Waals surface area contributed by atoms with Crippen LogP contribution in [0.3, 0.4) is 0 Å². The maximum atomic E-state index is 14.6. The molecule has 28 heavy (non-hydrogen) atoms. The summed E-state index contributed by atoms with van der Waals surface area (Å²) in [7, 11) is 0. The minimum absolute atomic E-state index is 0.166. The Balaban J connectivity index is 1.98. The lowest BCUT2D eigenvalue weighted by Gasteiger charge is -2.28. The molecule has 6 heteroatoms. The van der Waals surface area contributed by atoms with Crippen LogP contribution in [0.25, 0.3) is 0 Å². The highest BCUT2D eigenvalue weighted by Crippen LogP contribution is 2.28. The number of carbonyl (C=O) groups excluding carboxylic acids is 1. The third kappa shape index (κ3) is 6.74. The van der Waals surface area contributed by atoms with E-state index in [-0.39, 0.29) is 12.6 Å². The van der Waals surface area contributed by atoms with Crippen molar-refractivity contribution in [2.45, 2.75) is 76.9 Å². The minimum atomic E-state index is -0.710. The molecule has 1 saturated heterocycles. The lowest BCUT2D eigenvalue weighted by Crippen LogP contribution is -2.36. The Morgan fingerprint density at radius 1 is 1.18 bits per heavy atom. The minimum Gasteiger partial charge on any atom is -0.392 e. The van der Waals surface area contributed by atoms with Gasteiger partial charge in [0.25, 0.3) is 0 Å². The van der Waals surface area contributed by atoms with Crippen LogP contribution in [0.2, 0.25) is 0 Å². The highest BCUT2D eigenvalue weighted by molar-refractivity contribution is 5.76. The van der Waals surface area contributed by atoms with E-state index in [2.05, 4.69) is 12.2 Å². The zero-order chi connectivity index (χ0) is 20.4. The molecule has 1 aliphatic rings. The molecule has 0 aliphatic carbocycles. The monoisotopic (exact) mass is 394 g/mol.